The van der Waals surface area contributed by atoms with Gasteiger partial charge in [0.15, 0.2) is 0 Å². The van der Waals surface area contributed by atoms with E-state index in [0.717, 1.165) is 4.88 Å². The zero-order chi connectivity index (χ0) is 19.5. The second-order valence-electron chi connectivity index (χ2n) is 6.82. The van der Waals surface area contributed by atoms with Gasteiger partial charge < -0.3 is 4.74 Å². The molecule has 1 aromatic carbocycles. The quantitative estimate of drug-likeness (QED) is 0.622. The van der Waals surface area contributed by atoms with Gasteiger partial charge in [-0.1, -0.05) is 24.3 Å². The van der Waals surface area contributed by atoms with Gasteiger partial charge in [0.2, 0.25) is 11.8 Å². The second kappa shape index (κ2) is 7.98. The van der Waals surface area contributed by atoms with E-state index in [9.17, 15) is 14.4 Å². The zero-order valence-corrected chi connectivity index (χ0v) is 16.0. The van der Waals surface area contributed by atoms with Crippen molar-refractivity contribution < 1.29 is 19.1 Å². The van der Waals surface area contributed by atoms with Crippen LogP contribution in [0.5, 0.6) is 0 Å². The number of nitrogens with zero attached hydrogens (tertiary/aromatic N) is 1. The number of carbonyl (C=O) groups is 3. The van der Waals surface area contributed by atoms with Gasteiger partial charge in [0.25, 0.3) is 0 Å². The van der Waals surface area contributed by atoms with Gasteiger partial charge >= 0.3 is 5.97 Å². The lowest BCUT2D eigenvalue weighted by atomic mass is 9.80. The molecule has 2 aromatic rings. The average molecular weight is 396 g/mol. The van der Waals surface area contributed by atoms with Crippen LogP contribution >= 0.6 is 11.3 Å². The highest BCUT2D eigenvalue weighted by molar-refractivity contribution is 7.09. The Kier molecular flexibility index (Phi) is 5.25. The first kappa shape index (κ1) is 18.4. The van der Waals surface area contributed by atoms with Crippen molar-refractivity contribution in [1.29, 1.82) is 0 Å². The molecule has 6 nitrogen and oxygen atoms in total. The Morgan fingerprint density at radius 1 is 1.14 bits per heavy atom. The number of benzene rings is 1. The Morgan fingerprint density at radius 3 is 2.75 bits per heavy atom. The fraction of sp³-hybridized carbons (Fsp3) is 0.286. The number of hydrogen-bond acceptors (Lipinski definition) is 5. The molecule has 2 amide bonds. The van der Waals surface area contributed by atoms with Crippen molar-refractivity contribution >= 4 is 34.8 Å². The number of hydrogen-bond donors (Lipinski definition) is 1. The van der Waals surface area contributed by atoms with Crippen molar-refractivity contribution in [1.82, 2.24) is 5.43 Å². The molecule has 1 aliphatic carbocycles. The smallest absolute Gasteiger partial charge is 0.338 e. The van der Waals surface area contributed by atoms with Crippen LogP contribution in [0.1, 0.15) is 28.1 Å². The average Bonchev–Trinajstić information content (AvgIpc) is 3.24. The number of carbonyl (C=O) groups excluding carboxylic acids is 3. The summed E-state index contributed by atoms with van der Waals surface area (Å²) in [6, 6.07) is 10.5. The summed E-state index contributed by atoms with van der Waals surface area (Å²) in [5, 5.41) is 3.24. The summed E-state index contributed by atoms with van der Waals surface area (Å²) in [5.41, 5.74) is 3.47. The van der Waals surface area contributed by atoms with Gasteiger partial charge in [-0.25, -0.2) is 9.80 Å². The van der Waals surface area contributed by atoms with Crippen LogP contribution in [-0.4, -0.2) is 24.4 Å². The fourth-order valence-electron chi connectivity index (χ4n) is 3.54. The normalized spacial score (nSPS) is 21.2. The van der Waals surface area contributed by atoms with Gasteiger partial charge in [0.05, 0.1) is 29.7 Å². The molecule has 7 heteroatoms. The maximum absolute atomic E-state index is 12.9. The maximum Gasteiger partial charge on any atom is 0.338 e. The molecule has 4 rings (SSSR count). The lowest BCUT2D eigenvalue weighted by Gasteiger charge is -2.38. The summed E-state index contributed by atoms with van der Waals surface area (Å²) < 4.78 is 5.35. The molecule has 0 bridgehead atoms. The van der Waals surface area contributed by atoms with Crippen LogP contribution in [0.15, 0.2) is 53.9 Å². The molecular formula is C21H20N2O4S. The number of thiophene rings is 1. The maximum atomic E-state index is 12.9. The van der Waals surface area contributed by atoms with E-state index in [1.165, 1.54) is 5.01 Å². The molecule has 28 heavy (non-hydrogen) atoms. The van der Waals surface area contributed by atoms with Crippen LogP contribution in [0.25, 0.3) is 0 Å². The van der Waals surface area contributed by atoms with Crippen LogP contribution in [0.3, 0.4) is 0 Å². The SMILES string of the molecule is O=C(OCCc1cccs1)c1cccc(N2NC(=O)[C@@H]3CC=CC[C@H]3C2=O)c1. The van der Waals surface area contributed by atoms with Crippen molar-refractivity contribution in [3.8, 4) is 0 Å². The molecule has 1 fully saturated rings. The van der Waals surface area contributed by atoms with Crippen molar-refractivity contribution in [3.05, 3.63) is 64.4 Å². The monoisotopic (exact) mass is 396 g/mol. The van der Waals surface area contributed by atoms with Crippen molar-refractivity contribution in [3.63, 3.8) is 0 Å². The van der Waals surface area contributed by atoms with Gasteiger partial charge in [-0.3, -0.25) is 15.0 Å². The fourth-order valence-corrected chi connectivity index (χ4v) is 4.23. The first-order valence-electron chi connectivity index (χ1n) is 9.22. The predicted molar refractivity (Wildman–Crippen MR) is 106 cm³/mol. The Bertz CT molecular complexity index is 922. The van der Waals surface area contributed by atoms with Crippen molar-refractivity contribution in [2.75, 3.05) is 11.6 Å². The highest BCUT2D eigenvalue weighted by atomic mass is 32.1. The number of fused-ring (bicyclic) bond motifs is 1. The highest BCUT2D eigenvalue weighted by Crippen LogP contribution is 2.32. The Morgan fingerprint density at radius 2 is 1.96 bits per heavy atom. The van der Waals surface area contributed by atoms with Gasteiger partial charge in [-0.2, -0.15) is 0 Å². The topological polar surface area (TPSA) is 75.7 Å². The molecule has 0 spiro atoms. The lowest BCUT2D eigenvalue weighted by molar-refractivity contribution is -0.139. The Labute approximate surface area is 166 Å². The van der Waals surface area contributed by atoms with Crippen LogP contribution in [0, 0.1) is 11.8 Å². The van der Waals surface area contributed by atoms with Crippen molar-refractivity contribution in [2.24, 2.45) is 11.8 Å². The number of hydrazine groups is 1. The number of nitrogens with one attached hydrogen (secondary N) is 1. The molecule has 1 N–H and O–H groups in total. The molecule has 2 aliphatic rings. The van der Waals surface area contributed by atoms with Crippen LogP contribution in [0.2, 0.25) is 0 Å². The Hall–Kier alpha value is -2.93. The summed E-state index contributed by atoms with van der Waals surface area (Å²) >= 11 is 1.62. The molecule has 0 radical (unpaired) electrons. The first-order chi connectivity index (χ1) is 13.6. The first-order valence-corrected chi connectivity index (χ1v) is 10.1. The molecule has 1 aliphatic heterocycles. The third kappa shape index (κ3) is 3.71. The van der Waals surface area contributed by atoms with Gasteiger partial charge in [0, 0.05) is 11.3 Å². The van der Waals surface area contributed by atoms with Crippen LogP contribution in [0.4, 0.5) is 5.69 Å². The molecule has 1 aromatic heterocycles. The zero-order valence-electron chi connectivity index (χ0n) is 15.2. The van der Waals surface area contributed by atoms with E-state index < -0.39 is 5.97 Å². The van der Waals surface area contributed by atoms with E-state index in [4.69, 9.17) is 4.74 Å². The summed E-state index contributed by atoms with van der Waals surface area (Å²) in [5.74, 6) is -1.46. The minimum Gasteiger partial charge on any atom is -0.462 e. The largest absolute Gasteiger partial charge is 0.462 e. The van der Waals surface area contributed by atoms with Crippen molar-refractivity contribution in [2.45, 2.75) is 19.3 Å². The number of allylic oxidation sites excluding steroid dienone is 2. The molecule has 2 atom stereocenters. The summed E-state index contributed by atoms with van der Waals surface area (Å²) in [4.78, 5) is 38.8. The third-order valence-corrected chi connectivity index (χ3v) is 5.97. The number of esters is 1. The second-order valence-corrected chi connectivity index (χ2v) is 7.85. The molecule has 144 valence electrons. The van der Waals surface area contributed by atoms with E-state index in [1.807, 2.05) is 29.7 Å². The highest BCUT2D eigenvalue weighted by Gasteiger charge is 2.42. The van der Waals surface area contributed by atoms with Gasteiger partial charge in [0.1, 0.15) is 0 Å². The van der Waals surface area contributed by atoms with E-state index in [2.05, 4.69) is 5.43 Å². The molecule has 2 heterocycles. The summed E-state index contributed by atoms with van der Waals surface area (Å²) in [6.07, 6.45) is 5.68. The van der Waals surface area contributed by atoms with Crippen LogP contribution < -0.4 is 10.4 Å². The Balaban J connectivity index is 1.45. The molecule has 0 unspecified atom stereocenters. The number of anilines is 1. The van der Waals surface area contributed by atoms with E-state index in [1.54, 1.807) is 35.6 Å². The van der Waals surface area contributed by atoms with E-state index in [-0.39, 0.29) is 23.7 Å². The molecular weight excluding hydrogens is 376 g/mol. The summed E-state index contributed by atoms with van der Waals surface area (Å²) in [7, 11) is 0. The number of ether oxygens (including phenoxy) is 1. The van der Waals surface area contributed by atoms with Gasteiger partial charge in [-0.15, -0.1) is 11.3 Å². The lowest BCUT2D eigenvalue weighted by Crippen LogP contribution is -2.59. The number of rotatable bonds is 5. The summed E-state index contributed by atoms with van der Waals surface area (Å²) in [6.45, 7) is 0.291. The standard InChI is InChI=1S/C21H20N2O4S/c24-19-17-8-1-2-9-18(17)20(25)23(22-19)15-6-3-5-14(13-15)21(26)27-11-10-16-7-4-12-28-16/h1-7,12-13,17-18H,8-11H2,(H,22,24)/t17-,18-/m1/s1. The van der Waals surface area contributed by atoms with E-state index >= 15 is 0 Å². The predicted octanol–water partition coefficient (Wildman–Crippen LogP) is 3.11. The minimum absolute atomic E-state index is 0.155. The molecule has 0 saturated carbocycles. The van der Waals surface area contributed by atoms with Gasteiger partial charge in [-0.05, 0) is 42.5 Å². The third-order valence-electron chi connectivity index (χ3n) is 5.03. The van der Waals surface area contributed by atoms with Crippen LogP contribution in [-0.2, 0) is 20.7 Å². The number of amides is 2. The minimum atomic E-state index is -0.451. The van der Waals surface area contributed by atoms with E-state index in [0.29, 0.717) is 37.1 Å². The molecule has 1 saturated heterocycles.